The topological polar surface area (TPSA) is 0 Å². The van der Waals surface area contributed by atoms with Crippen LogP contribution in [0.15, 0.2) is 121 Å². The number of hydrogen-bond acceptors (Lipinski definition) is 0. The van der Waals surface area contributed by atoms with Gasteiger partial charge in [-0.05, 0) is 34.4 Å². The van der Waals surface area contributed by atoms with E-state index in [0.29, 0.717) is 0 Å². The molecule has 27 heavy (non-hydrogen) atoms. The lowest BCUT2D eigenvalue weighted by Gasteiger charge is -2.28. The van der Waals surface area contributed by atoms with E-state index in [1.165, 1.54) is 21.7 Å². The maximum Gasteiger partial charge on any atom is 0.000126 e. The predicted molar refractivity (Wildman–Crippen MR) is 121 cm³/mol. The molecule has 4 rings (SSSR count). The van der Waals surface area contributed by atoms with Gasteiger partial charge in [-0.3, -0.25) is 0 Å². The van der Waals surface area contributed by atoms with Gasteiger partial charge in [-0.25, -0.2) is 0 Å². The first-order chi connectivity index (χ1) is 13.4. The van der Waals surface area contributed by atoms with Gasteiger partial charge in [0.2, 0.25) is 0 Å². The molecule has 0 aliphatic rings. The molecular formula is C26H23P. The molecule has 4 aromatic carbocycles. The molecule has 132 valence electrons. The summed E-state index contributed by atoms with van der Waals surface area (Å²) in [5.41, 5.74) is 2.67. The zero-order chi connectivity index (χ0) is 18.4. The van der Waals surface area contributed by atoms with Crippen LogP contribution in [0.3, 0.4) is 0 Å². The van der Waals surface area contributed by atoms with Crippen molar-refractivity contribution in [3.8, 4) is 0 Å². The summed E-state index contributed by atoms with van der Waals surface area (Å²) in [6.07, 6.45) is 1.02. The predicted octanol–water partition coefficient (Wildman–Crippen LogP) is 5.71. The molecule has 0 saturated heterocycles. The van der Waals surface area contributed by atoms with Gasteiger partial charge in [-0.15, -0.1) is 0 Å². The van der Waals surface area contributed by atoms with Gasteiger partial charge in [0.25, 0.3) is 0 Å². The van der Waals surface area contributed by atoms with Crippen molar-refractivity contribution in [1.82, 2.24) is 0 Å². The van der Waals surface area contributed by atoms with Crippen molar-refractivity contribution in [2.24, 2.45) is 0 Å². The molecule has 0 radical (unpaired) electrons. The zero-order valence-corrected chi connectivity index (χ0v) is 16.2. The number of benzene rings is 4. The molecule has 0 amide bonds. The highest BCUT2D eigenvalue weighted by Gasteiger charge is 2.23. The van der Waals surface area contributed by atoms with E-state index in [4.69, 9.17) is 0 Å². The summed E-state index contributed by atoms with van der Waals surface area (Å²) in [5, 5.41) is 2.84. The minimum Gasteiger partial charge on any atom is -0.0622 e. The number of rotatable bonds is 5. The average molecular weight is 366 g/mol. The van der Waals surface area contributed by atoms with Crippen molar-refractivity contribution >= 4 is 23.3 Å². The Hall–Kier alpha value is -2.82. The Morgan fingerprint density at radius 3 is 1.37 bits per heavy atom. The maximum absolute atomic E-state index is 2.53. The molecule has 4 aromatic rings. The minimum atomic E-state index is -1.77. The fourth-order valence-corrected chi connectivity index (χ4v) is 7.51. The van der Waals surface area contributed by atoms with Crippen LogP contribution in [0.5, 0.6) is 0 Å². The molecule has 0 aromatic heterocycles. The van der Waals surface area contributed by atoms with Crippen LogP contribution >= 0.6 is 6.89 Å². The van der Waals surface area contributed by atoms with Gasteiger partial charge in [0.05, 0.1) is 0 Å². The first-order valence-corrected chi connectivity index (χ1v) is 11.3. The monoisotopic (exact) mass is 366 g/mol. The average Bonchev–Trinajstić information content (AvgIpc) is 2.76. The van der Waals surface area contributed by atoms with Gasteiger partial charge in [0.1, 0.15) is 0 Å². The van der Waals surface area contributed by atoms with Gasteiger partial charge in [-0.2, -0.15) is 0 Å². The first-order valence-electron chi connectivity index (χ1n) is 9.31. The largest absolute Gasteiger partial charge is 0.0622 e. The summed E-state index contributed by atoms with van der Waals surface area (Å²) in [4.78, 5) is 0. The SMILES string of the molecule is C(c1ccccc1)=P(Cc1ccccc1)(c1ccccc1)c1ccccc1. The minimum absolute atomic E-state index is 1.02. The van der Waals surface area contributed by atoms with Crippen LogP contribution in [-0.2, 0) is 6.16 Å². The molecule has 0 heterocycles. The van der Waals surface area contributed by atoms with E-state index in [1.807, 2.05) is 0 Å². The molecule has 0 unspecified atom stereocenters. The fourth-order valence-electron chi connectivity index (χ4n) is 3.58. The van der Waals surface area contributed by atoms with Crippen molar-refractivity contribution in [3.63, 3.8) is 0 Å². The summed E-state index contributed by atoms with van der Waals surface area (Å²) >= 11 is 0. The Morgan fingerprint density at radius 2 is 0.889 bits per heavy atom. The third-order valence-electron chi connectivity index (χ3n) is 4.88. The molecular weight excluding hydrogens is 343 g/mol. The molecule has 0 bridgehead atoms. The molecule has 0 aliphatic heterocycles. The van der Waals surface area contributed by atoms with E-state index in [2.05, 4.69) is 127 Å². The van der Waals surface area contributed by atoms with Crippen LogP contribution in [0.4, 0.5) is 0 Å². The lowest BCUT2D eigenvalue weighted by molar-refractivity contribution is 1.40. The Bertz CT molecular complexity index is 977. The van der Waals surface area contributed by atoms with E-state index in [0.717, 1.165) is 6.16 Å². The Balaban J connectivity index is 2.01. The molecule has 0 nitrogen and oxygen atoms in total. The first kappa shape index (κ1) is 17.6. The van der Waals surface area contributed by atoms with Gasteiger partial charge >= 0.3 is 0 Å². The molecule has 0 fully saturated rings. The second-order valence-corrected chi connectivity index (χ2v) is 10.1. The highest BCUT2D eigenvalue weighted by atomic mass is 31.2. The molecule has 0 saturated carbocycles. The second kappa shape index (κ2) is 8.25. The van der Waals surface area contributed by atoms with E-state index in [-0.39, 0.29) is 0 Å². The quantitative estimate of drug-likeness (QED) is 0.397. The van der Waals surface area contributed by atoms with Gasteiger partial charge < -0.3 is 0 Å². The van der Waals surface area contributed by atoms with Gasteiger partial charge in [-0.1, -0.05) is 121 Å². The zero-order valence-electron chi connectivity index (χ0n) is 15.3. The Morgan fingerprint density at radius 1 is 0.481 bits per heavy atom. The van der Waals surface area contributed by atoms with Crippen molar-refractivity contribution in [1.29, 1.82) is 0 Å². The van der Waals surface area contributed by atoms with Crippen LogP contribution < -0.4 is 10.6 Å². The normalized spacial score (nSPS) is 11.1. The van der Waals surface area contributed by atoms with Crippen LogP contribution in [-0.4, -0.2) is 5.80 Å². The van der Waals surface area contributed by atoms with Gasteiger partial charge in [0.15, 0.2) is 0 Å². The lowest BCUT2D eigenvalue weighted by Crippen LogP contribution is -2.20. The fraction of sp³-hybridized carbons (Fsp3) is 0.0385. The van der Waals surface area contributed by atoms with Crippen LogP contribution in [0.2, 0.25) is 0 Å². The summed E-state index contributed by atoms with van der Waals surface area (Å²) < 4.78 is 0. The smallest absolute Gasteiger partial charge is 0.000126 e. The van der Waals surface area contributed by atoms with Crippen LogP contribution in [0.25, 0.3) is 0 Å². The molecule has 0 atom stereocenters. The summed E-state index contributed by atoms with van der Waals surface area (Å²) in [6.45, 7) is -1.77. The van der Waals surface area contributed by atoms with Crippen molar-refractivity contribution in [2.45, 2.75) is 6.16 Å². The maximum atomic E-state index is 2.53. The Kier molecular flexibility index (Phi) is 5.37. The molecule has 0 aliphatic carbocycles. The second-order valence-electron chi connectivity index (χ2n) is 6.72. The van der Waals surface area contributed by atoms with Crippen LogP contribution in [0.1, 0.15) is 11.1 Å². The highest BCUT2D eigenvalue weighted by Crippen LogP contribution is 2.48. The summed E-state index contributed by atoms with van der Waals surface area (Å²) in [6, 6.07) is 43.7. The lowest BCUT2D eigenvalue weighted by atomic mass is 10.2. The van der Waals surface area contributed by atoms with Crippen LogP contribution in [0, 0.1) is 0 Å². The van der Waals surface area contributed by atoms with E-state index >= 15 is 0 Å². The number of hydrogen-bond donors (Lipinski definition) is 0. The third kappa shape index (κ3) is 3.97. The Labute approximate surface area is 162 Å². The molecule has 0 spiro atoms. The van der Waals surface area contributed by atoms with Crippen molar-refractivity contribution < 1.29 is 0 Å². The van der Waals surface area contributed by atoms with Gasteiger partial charge in [0, 0.05) is 6.16 Å². The van der Waals surface area contributed by atoms with Crippen molar-refractivity contribution in [3.05, 3.63) is 132 Å². The summed E-state index contributed by atoms with van der Waals surface area (Å²) in [5.74, 6) is 2.53. The molecule has 0 N–H and O–H groups in total. The van der Waals surface area contributed by atoms with E-state index < -0.39 is 6.89 Å². The third-order valence-corrected chi connectivity index (χ3v) is 8.92. The van der Waals surface area contributed by atoms with Crippen molar-refractivity contribution in [2.75, 3.05) is 0 Å². The standard InChI is InChI=1S/C26H23P/c1-5-13-23(14-6-1)21-27(25-17-9-3-10-18-25,26-19-11-4-12-20-26)22-24-15-7-2-8-16-24/h1-21H,22H2. The van der Waals surface area contributed by atoms with E-state index in [1.54, 1.807) is 0 Å². The van der Waals surface area contributed by atoms with E-state index in [9.17, 15) is 0 Å². The molecule has 1 heteroatoms. The summed E-state index contributed by atoms with van der Waals surface area (Å²) in [7, 11) is 0. The highest BCUT2D eigenvalue weighted by molar-refractivity contribution is 7.87.